The normalized spacial score (nSPS) is 13.5. The molecule has 0 fully saturated rings. The number of phenols is 1. The first-order valence-electron chi connectivity index (χ1n) is 6.90. The zero-order chi connectivity index (χ0) is 15.9. The lowest BCUT2D eigenvalue weighted by molar-refractivity contribution is -0.386. The van der Waals surface area contributed by atoms with Gasteiger partial charge < -0.3 is 9.84 Å². The van der Waals surface area contributed by atoms with Crippen molar-refractivity contribution >= 4 is 11.3 Å². The fourth-order valence-electron chi connectivity index (χ4n) is 2.77. The van der Waals surface area contributed by atoms with Crippen LogP contribution in [-0.4, -0.2) is 16.6 Å². The van der Waals surface area contributed by atoms with Crippen LogP contribution in [0, 0.1) is 17.0 Å². The Balaban J connectivity index is 2.31. The zero-order valence-corrected chi connectivity index (χ0v) is 12.3. The number of nitro benzene ring substituents is 1. The topological polar surface area (TPSA) is 72.6 Å². The van der Waals surface area contributed by atoms with Gasteiger partial charge in [-0.05, 0) is 30.6 Å². The molecule has 0 bridgehead atoms. The molecule has 5 nitrogen and oxygen atoms in total. The van der Waals surface area contributed by atoms with Gasteiger partial charge >= 0.3 is 5.69 Å². The van der Waals surface area contributed by atoms with E-state index in [-0.39, 0.29) is 11.4 Å². The molecular formula is C17H15NO4. The zero-order valence-electron chi connectivity index (χ0n) is 12.3. The Morgan fingerprint density at radius 2 is 1.91 bits per heavy atom. The Labute approximate surface area is 127 Å². The van der Waals surface area contributed by atoms with E-state index < -0.39 is 4.92 Å². The van der Waals surface area contributed by atoms with Gasteiger partial charge in [0.1, 0.15) is 12.4 Å². The molecule has 112 valence electrons. The number of benzene rings is 2. The molecule has 0 aliphatic carbocycles. The Kier molecular flexibility index (Phi) is 3.33. The molecular weight excluding hydrogens is 282 g/mol. The number of nitro groups is 1. The molecule has 1 aliphatic rings. The monoisotopic (exact) mass is 297 g/mol. The lowest BCUT2D eigenvalue weighted by Crippen LogP contribution is -2.12. The third-order valence-electron chi connectivity index (χ3n) is 3.85. The smallest absolute Gasteiger partial charge is 0.311 e. The van der Waals surface area contributed by atoms with Crippen LogP contribution in [0.15, 0.2) is 42.0 Å². The van der Waals surface area contributed by atoms with Crippen molar-refractivity contribution in [3.8, 4) is 11.5 Å². The number of fused-ring (bicyclic) bond motifs is 1. The first-order chi connectivity index (χ1) is 10.5. The Morgan fingerprint density at radius 3 is 2.55 bits per heavy atom. The fraction of sp³-hybridized carbons (Fsp3) is 0.176. The average Bonchev–Trinajstić information content (AvgIpc) is 2.51. The molecule has 0 unspecified atom stereocenters. The summed E-state index contributed by atoms with van der Waals surface area (Å²) in [5, 5.41) is 21.2. The van der Waals surface area contributed by atoms with Gasteiger partial charge in [0, 0.05) is 17.2 Å². The van der Waals surface area contributed by atoms with Crippen molar-refractivity contribution in [3.05, 3.63) is 68.8 Å². The van der Waals surface area contributed by atoms with Gasteiger partial charge in [0.15, 0.2) is 0 Å². The van der Waals surface area contributed by atoms with Crippen molar-refractivity contribution in [1.82, 2.24) is 0 Å². The van der Waals surface area contributed by atoms with Gasteiger partial charge in [-0.2, -0.15) is 0 Å². The first kappa shape index (κ1) is 14.1. The average molecular weight is 297 g/mol. The van der Waals surface area contributed by atoms with Crippen LogP contribution in [-0.2, 0) is 0 Å². The molecule has 0 radical (unpaired) electrons. The Morgan fingerprint density at radius 1 is 1.23 bits per heavy atom. The van der Waals surface area contributed by atoms with E-state index in [2.05, 4.69) is 0 Å². The number of phenolic OH excluding ortho intramolecular Hbond substituents is 1. The minimum Gasteiger partial charge on any atom is -0.502 e. The quantitative estimate of drug-likeness (QED) is 0.675. The summed E-state index contributed by atoms with van der Waals surface area (Å²) in [5.74, 6) is 0.170. The van der Waals surface area contributed by atoms with Crippen molar-refractivity contribution in [2.24, 2.45) is 0 Å². The van der Waals surface area contributed by atoms with Crippen LogP contribution in [0.5, 0.6) is 11.5 Å². The number of aromatic hydroxyl groups is 1. The van der Waals surface area contributed by atoms with Gasteiger partial charge in [-0.15, -0.1) is 0 Å². The molecule has 3 rings (SSSR count). The SMILES string of the molecule is CC1=C(c2ccccc2)c2cc([N+](=O)[O-])c(O)c(C)c2OC1. The first-order valence-corrected chi connectivity index (χ1v) is 6.90. The molecule has 1 aliphatic heterocycles. The van der Waals surface area contributed by atoms with Crippen molar-refractivity contribution in [2.45, 2.75) is 13.8 Å². The van der Waals surface area contributed by atoms with Gasteiger partial charge in [-0.25, -0.2) is 0 Å². The molecule has 0 aromatic heterocycles. The van der Waals surface area contributed by atoms with Crippen LogP contribution >= 0.6 is 0 Å². The van der Waals surface area contributed by atoms with Crippen LogP contribution in [0.1, 0.15) is 23.6 Å². The Bertz CT molecular complexity index is 794. The molecule has 0 amide bonds. The predicted molar refractivity (Wildman–Crippen MR) is 83.1 cm³/mol. The standard InChI is InChI=1S/C17H15NO4/c1-10-9-22-17-11(2)16(19)14(18(20)21)8-13(17)15(10)12-6-4-3-5-7-12/h3-8,19H,9H2,1-2H3. The maximum Gasteiger partial charge on any atom is 0.311 e. The van der Waals surface area contributed by atoms with Gasteiger partial charge in [0.2, 0.25) is 5.75 Å². The van der Waals surface area contributed by atoms with Crippen LogP contribution in [0.2, 0.25) is 0 Å². The third-order valence-corrected chi connectivity index (χ3v) is 3.85. The second-order valence-electron chi connectivity index (χ2n) is 5.31. The molecule has 1 N–H and O–H groups in total. The Hall–Kier alpha value is -2.82. The largest absolute Gasteiger partial charge is 0.502 e. The summed E-state index contributed by atoms with van der Waals surface area (Å²) < 4.78 is 5.69. The number of rotatable bonds is 2. The second-order valence-corrected chi connectivity index (χ2v) is 5.31. The molecule has 22 heavy (non-hydrogen) atoms. The maximum atomic E-state index is 11.2. The van der Waals surface area contributed by atoms with E-state index in [0.717, 1.165) is 16.7 Å². The van der Waals surface area contributed by atoms with Gasteiger partial charge in [0.05, 0.1) is 4.92 Å². The second kappa shape index (κ2) is 5.18. The van der Waals surface area contributed by atoms with E-state index >= 15 is 0 Å². The van der Waals surface area contributed by atoms with Crippen LogP contribution < -0.4 is 4.74 Å². The fourth-order valence-corrected chi connectivity index (χ4v) is 2.77. The summed E-state index contributed by atoms with van der Waals surface area (Å²) in [4.78, 5) is 10.6. The maximum absolute atomic E-state index is 11.2. The van der Waals surface area contributed by atoms with E-state index in [1.807, 2.05) is 37.3 Å². The minimum absolute atomic E-state index is 0.303. The van der Waals surface area contributed by atoms with E-state index in [1.54, 1.807) is 6.92 Å². The summed E-state index contributed by atoms with van der Waals surface area (Å²) >= 11 is 0. The highest BCUT2D eigenvalue weighted by atomic mass is 16.6. The highest BCUT2D eigenvalue weighted by Gasteiger charge is 2.28. The minimum atomic E-state index is -0.574. The highest BCUT2D eigenvalue weighted by molar-refractivity contribution is 5.88. The van der Waals surface area contributed by atoms with E-state index in [9.17, 15) is 15.2 Å². The van der Waals surface area contributed by atoms with Gasteiger partial charge in [-0.1, -0.05) is 30.3 Å². The van der Waals surface area contributed by atoms with Gasteiger partial charge in [0.25, 0.3) is 0 Å². The summed E-state index contributed by atoms with van der Waals surface area (Å²) in [6, 6.07) is 11.1. The molecule has 0 spiro atoms. The summed E-state index contributed by atoms with van der Waals surface area (Å²) in [6.07, 6.45) is 0. The molecule has 0 saturated heterocycles. The number of hydrogen-bond donors (Lipinski definition) is 1. The molecule has 5 heteroatoms. The van der Waals surface area contributed by atoms with Crippen molar-refractivity contribution < 1.29 is 14.8 Å². The van der Waals surface area contributed by atoms with Crippen molar-refractivity contribution in [2.75, 3.05) is 6.61 Å². The molecule has 0 atom stereocenters. The number of ether oxygens (including phenoxy) is 1. The number of hydrogen-bond acceptors (Lipinski definition) is 4. The van der Waals surface area contributed by atoms with Crippen LogP contribution in [0.3, 0.4) is 0 Å². The highest BCUT2D eigenvalue weighted by Crippen LogP contribution is 2.46. The van der Waals surface area contributed by atoms with E-state index in [0.29, 0.717) is 23.5 Å². The van der Waals surface area contributed by atoms with Crippen molar-refractivity contribution in [3.63, 3.8) is 0 Å². The third kappa shape index (κ3) is 2.11. The van der Waals surface area contributed by atoms with Gasteiger partial charge in [-0.3, -0.25) is 10.1 Å². The summed E-state index contributed by atoms with van der Waals surface area (Å²) in [6.45, 7) is 3.97. The molecule has 1 heterocycles. The molecule has 2 aromatic rings. The summed E-state index contributed by atoms with van der Waals surface area (Å²) in [5.41, 5.74) is 3.64. The lowest BCUT2D eigenvalue weighted by Gasteiger charge is -2.24. The van der Waals surface area contributed by atoms with Crippen LogP contribution in [0.4, 0.5) is 5.69 Å². The predicted octanol–water partition coefficient (Wildman–Crippen LogP) is 3.82. The molecule has 2 aromatic carbocycles. The van der Waals surface area contributed by atoms with Crippen molar-refractivity contribution in [1.29, 1.82) is 0 Å². The van der Waals surface area contributed by atoms with E-state index in [4.69, 9.17) is 4.74 Å². The van der Waals surface area contributed by atoms with Crippen LogP contribution in [0.25, 0.3) is 5.57 Å². The summed E-state index contributed by atoms with van der Waals surface area (Å²) in [7, 11) is 0. The lowest BCUT2D eigenvalue weighted by atomic mass is 9.89. The molecule has 0 saturated carbocycles. The van der Waals surface area contributed by atoms with E-state index in [1.165, 1.54) is 6.07 Å². The number of nitrogens with zero attached hydrogens (tertiary/aromatic N) is 1.